The molecular formula is C23H24N4O2. The predicted octanol–water partition coefficient (Wildman–Crippen LogP) is 3.08. The first-order valence-corrected chi connectivity index (χ1v) is 9.83. The largest absolute Gasteiger partial charge is 0.353 e. The Kier molecular flexibility index (Phi) is 5.42. The van der Waals surface area contributed by atoms with E-state index in [0.717, 1.165) is 41.1 Å². The van der Waals surface area contributed by atoms with E-state index in [2.05, 4.69) is 28.4 Å². The minimum absolute atomic E-state index is 0.104. The summed E-state index contributed by atoms with van der Waals surface area (Å²) in [5.74, 6) is 0.986. The molecule has 1 N–H and O–H groups in total. The molecule has 0 aliphatic carbocycles. The third-order valence-corrected chi connectivity index (χ3v) is 5.17. The maximum atomic E-state index is 12.7. The summed E-state index contributed by atoms with van der Waals surface area (Å²) in [4.78, 5) is 32.7. The van der Waals surface area contributed by atoms with E-state index in [-0.39, 0.29) is 11.8 Å². The highest BCUT2D eigenvalue weighted by molar-refractivity contribution is 5.88. The van der Waals surface area contributed by atoms with Crippen molar-refractivity contribution in [2.45, 2.75) is 13.3 Å². The van der Waals surface area contributed by atoms with Crippen molar-refractivity contribution in [3.8, 4) is 0 Å². The second-order valence-electron chi connectivity index (χ2n) is 7.28. The zero-order chi connectivity index (χ0) is 20.2. The summed E-state index contributed by atoms with van der Waals surface area (Å²) >= 11 is 0. The van der Waals surface area contributed by atoms with Crippen LogP contribution in [0.4, 0.5) is 11.5 Å². The van der Waals surface area contributed by atoms with E-state index in [1.54, 1.807) is 0 Å². The summed E-state index contributed by atoms with van der Waals surface area (Å²) in [5, 5.41) is 3.87. The van der Waals surface area contributed by atoms with E-state index < -0.39 is 0 Å². The standard InChI is InChI=1S/C23H24N4O2/c1-17(28)24-20-9-6-18(7-10-20)16-23(29)27-14-12-26(13-15-27)22-11-8-19-4-2-3-5-21(19)25-22/h2-11H,12-16H2,1H3,(H,24,28). The van der Waals surface area contributed by atoms with E-state index in [9.17, 15) is 9.59 Å². The van der Waals surface area contributed by atoms with Crippen molar-refractivity contribution in [2.75, 3.05) is 36.4 Å². The van der Waals surface area contributed by atoms with Gasteiger partial charge in [-0.05, 0) is 35.9 Å². The van der Waals surface area contributed by atoms with Gasteiger partial charge in [0.25, 0.3) is 0 Å². The highest BCUT2D eigenvalue weighted by Gasteiger charge is 2.22. The summed E-state index contributed by atoms with van der Waals surface area (Å²) < 4.78 is 0. The number of para-hydroxylation sites is 1. The topological polar surface area (TPSA) is 65.5 Å². The van der Waals surface area contributed by atoms with Crippen LogP contribution in [0.2, 0.25) is 0 Å². The molecule has 0 saturated carbocycles. The van der Waals surface area contributed by atoms with Crippen molar-refractivity contribution >= 4 is 34.2 Å². The number of amides is 2. The molecule has 0 radical (unpaired) electrons. The average Bonchev–Trinajstić information content (AvgIpc) is 2.74. The number of nitrogens with zero attached hydrogens (tertiary/aromatic N) is 3. The lowest BCUT2D eigenvalue weighted by molar-refractivity contribution is -0.130. The Bertz CT molecular complexity index is 1020. The van der Waals surface area contributed by atoms with Crippen molar-refractivity contribution < 1.29 is 9.59 Å². The Morgan fingerprint density at radius 1 is 0.931 bits per heavy atom. The molecule has 29 heavy (non-hydrogen) atoms. The number of anilines is 2. The molecule has 1 aliphatic rings. The van der Waals surface area contributed by atoms with Crippen LogP contribution in [0.25, 0.3) is 10.9 Å². The summed E-state index contributed by atoms with van der Waals surface area (Å²) in [6.45, 7) is 4.41. The van der Waals surface area contributed by atoms with E-state index in [1.165, 1.54) is 6.92 Å². The number of rotatable bonds is 4. The highest BCUT2D eigenvalue weighted by atomic mass is 16.2. The number of pyridine rings is 1. The third kappa shape index (κ3) is 4.54. The average molecular weight is 388 g/mol. The van der Waals surface area contributed by atoms with Gasteiger partial charge < -0.3 is 15.1 Å². The lowest BCUT2D eigenvalue weighted by Gasteiger charge is -2.35. The van der Waals surface area contributed by atoms with Crippen LogP contribution >= 0.6 is 0 Å². The van der Waals surface area contributed by atoms with Gasteiger partial charge in [0.05, 0.1) is 11.9 Å². The Labute approximate surface area is 170 Å². The smallest absolute Gasteiger partial charge is 0.227 e. The van der Waals surface area contributed by atoms with E-state index in [0.29, 0.717) is 19.5 Å². The summed E-state index contributed by atoms with van der Waals surface area (Å²) in [6.07, 6.45) is 0.370. The lowest BCUT2D eigenvalue weighted by Crippen LogP contribution is -2.49. The van der Waals surface area contributed by atoms with Gasteiger partial charge in [0.15, 0.2) is 0 Å². The molecule has 2 heterocycles. The Balaban J connectivity index is 1.33. The van der Waals surface area contributed by atoms with Gasteiger partial charge in [0.2, 0.25) is 11.8 Å². The van der Waals surface area contributed by atoms with Crippen molar-refractivity contribution in [3.05, 3.63) is 66.2 Å². The van der Waals surface area contributed by atoms with Crippen LogP contribution in [0.15, 0.2) is 60.7 Å². The minimum atomic E-state index is -0.104. The van der Waals surface area contributed by atoms with Crippen LogP contribution < -0.4 is 10.2 Å². The zero-order valence-electron chi connectivity index (χ0n) is 16.5. The Morgan fingerprint density at radius 2 is 1.66 bits per heavy atom. The molecule has 1 aromatic heterocycles. The highest BCUT2D eigenvalue weighted by Crippen LogP contribution is 2.19. The Hall–Kier alpha value is -3.41. The van der Waals surface area contributed by atoms with Gasteiger partial charge in [0.1, 0.15) is 5.82 Å². The number of piperazine rings is 1. The number of benzene rings is 2. The molecule has 1 saturated heterocycles. The molecule has 2 amide bonds. The molecule has 4 rings (SSSR count). The van der Waals surface area contributed by atoms with Crippen LogP contribution in [-0.2, 0) is 16.0 Å². The maximum Gasteiger partial charge on any atom is 0.227 e. The predicted molar refractivity (Wildman–Crippen MR) is 115 cm³/mol. The first kappa shape index (κ1) is 18.9. The number of hydrogen-bond acceptors (Lipinski definition) is 4. The fourth-order valence-corrected chi connectivity index (χ4v) is 3.61. The fraction of sp³-hybridized carbons (Fsp3) is 0.261. The van der Waals surface area contributed by atoms with Crippen LogP contribution in [0, 0.1) is 0 Å². The van der Waals surface area contributed by atoms with Crippen molar-refractivity contribution in [3.63, 3.8) is 0 Å². The second kappa shape index (κ2) is 8.31. The number of carbonyl (C=O) groups excluding carboxylic acids is 2. The number of fused-ring (bicyclic) bond motifs is 1. The SMILES string of the molecule is CC(=O)Nc1ccc(CC(=O)N2CCN(c3ccc4ccccc4n3)CC2)cc1. The molecule has 0 spiro atoms. The maximum absolute atomic E-state index is 12.7. The third-order valence-electron chi connectivity index (χ3n) is 5.17. The number of hydrogen-bond donors (Lipinski definition) is 1. The van der Waals surface area contributed by atoms with E-state index in [1.807, 2.05) is 47.4 Å². The normalized spacial score (nSPS) is 14.1. The quantitative estimate of drug-likeness (QED) is 0.746. The van der Waals surface area contributed by atoms with Crippen molar-refractivity contribution in [1.82, 2.24) is 9.88 Å². The molecule has 0 unspecified atom stereocenters. The first-order valence-electron chi connectivity index (χ1n) is 9.83. The summed E-state index contributed by atoms with van der Waals surface area (Å²) in [6, 6.07) is 19.7. The monoisotopic (exact) mass is 388 g/mol. The lowest BCUT2D eigenvalue weighted by atomic mass is 10.1. The van der Waals surface area contributed by atoms with Gasteiger partial charge in [0, 0.05) is 44.2 Å². The van der Waals surface area contributed by atoms with Crippen molar-refractivity contribution in [1.29, 1.82) is 0 Å². The minimum Gasteiger partial charge on any atom is -0.353 e. The van der Waals surface area contributed by atoms with E-state index in [4.69, 9.17) is 4.98 Å². The molecule has 0 bridgehead atoms. The summed E-state index contributed by atoms with van der Waals surface area (Å²) in [5.41, 5.74) is 2.68. The van der Waals surface area contributed by atoms with Gasteiger partial charge in [-0.1, -0.05) is 30.3 Å². The van der Waals surface area contributed by atoms with Gasteiger partial charge >= 0.3 is 0 Å². The molecular weight excluding hydrogens is 364 g/mol. The molecule has 1 aliphatic heterocycles. The molecule has 148 valence electrons. The number of nitrogens with one attached hydrogen (secondary N) is 1. The first-order chi connectivity index (χ1) is 14.1. The number of carbonyl (C=O) groups is 2. The fourth-order valence-electron chi connectivity index (χ4n) is 3.61. The zero-order valence-corrected chi connectivity index (χ0v) is 16.5. The van der Waals surface area contributed by atoms with Gasteiger partial charge in [-0.15, -0.1) is 0 Å². The van der Waals surface area contributed by atoms with Crippen LogP contribution in [0.1, 0.15) is 12.5 Å². The molecule has 0 atom stereocenters. The van der Waals surface area contributed by atoms with Gasteiger partial charge in [-0.3, -0.25) is 9.59 Å². The molecule has 2 aromatic carbocycles. The van der Waals surface area contributed by atoms with E-state index >= 15 is 0 Å². The second-order valence-corrected chi connectivity index (χ2v) is 7.28. The van der Waals surface area contributed by atoms with Gasteiger partial charge in [-0.2, -0.15) is 0 Å². The number of aromatic nitrogens is 1. The van der Waals surface area contributed by atoms with Gasteiger partial charge in [-0.25, -0.2) is 4.98 Å². The van der Waals surface area contributed by atoms with Crippen LogP contribution in [0.3, 0.4) is 0 Å². The molecule has 1 fully saturated rings. The molecule has 3 aromatic rings. The molecule has 6 nitrogen and oxygen atoms in total. The Morgan fingerprint density at radius 3 is 2.38 bits per heavy atom. The van der Waals surface area contributed by atoms with Crippen molar-refractivity contribution in [2.24, 2.45) is 0 Å². The van der Waals surface area contributed by atoms with Crippen LogP contribution in [0.5, 0.6) is 0 Å². The molecule has 6 heteroatoms. The van der Waals surface area contributed by atoms with Crippen LogP contribution in [-0.4, -0.2) is 47.9 Å². The summed E-state index contributed by atoms with van der Waals surface area (Å²) in [7, 11) is 0.